The van der Waals surface area contributed by atoms with Crippen molar-refractivity contribution in [2.24, 2.45) is 0 Å². The van der Waals surface area contributed by atoms with Crippen LogP contribution < -0.4 is 10.2 Å². The largest absolute Gasteiger partial charge is 0.354 e. The molecule has 1 atom stereocenters. The van der Waals surface area contributed by atoms with Crippen LogP contribution in [-0.2, 0) is 0 Å². The van der Waals surface area contributed by atoms with Crippen LogP contribution in [0.1, 0.15) is 16.8 Å². The van der Waals surface area contributed by atoms with Gasteiger partial charge in [0.05, 0.1) is 0 Å². The van der Waals surface area contributed by atoms with Crippen molar-refractivity contribution < 1.29 is 4.79 Å². The second kappa shape index (κ2) is 5.69. The first-order valence-corrected chi connectivity index (χ1v) is 6.70. The number of nitrogens with zero attached hydrogens (tertiary/aromatic N) is 3. The Morgan fingerprint density at radius 3 is 2.80 bits per heavy atom. The smallest absolute Gasteiger partial charge is 0.251 e. The summed E-state index contributed by atoms with van der Waals surface area (Å²) in [5.74, 6) is 0.924. The van der Waals surface area contributed by atoms with E-state index in [9.17, 15) is 4.79 Å². The molecular formula is C15H16N4O. The fourth-order valence-corrected chi connectivity index (χ4v) is 2.40. The van der Waals surface area contributed by atoms with Crippen LogP contribution >= 0.6 is 0 Å². The maximum Gasteiger partial charge on any atom is 0.251 e. The predicted octanol–water partition coefficient (Wildman–Crippen LogP) is 1.49. The van der Waals surface area contributed by atoms with Crippen molar-refractivity contribution in [3.8, 4) is 0 Å². The Kier molecular flexibility index (Phi) is 3.58. The molecule has 0 aromatic carbocycles. The summed E-state index contributed by atoms with van der Waals surface area (Å²) in [7, 11) is 0. The molecule has 0 radical (unpaired) electrons. The van der Waals surface area contributed by atoms with Gasteiger partial charge >= 0.3 is 0 Å². The van der Waals surface area contributed by atoms with Gasteiger partial charge in [-0.1, -0.05) is 6.07 Å². The Morgan fingerprint density at radius 1 is 1.20 bits per heavy atom. The maximum absolute atomic E-state index is 12.1. The van der Waals surface area contributed by atoms with Gasteiger partial charge in [-0.25, -0.2) is 4.98 Å². The third-order valence-corrected chi connectivity index (χ3v) is 3.44. The molecule has 2 aromatic heterocycles. The van der Waals surface area contributed by atoms with E-state index in [-0.39, 0.29) is 11.9 Å². The molecule has 0 spiro atoms. The Balaban J connectivity index is 1.60. The van der Waals surface area contributed by atoms with E-state index in [1.807, 2.05) is 18.2 Å². The Labute approximate surface area is 117 Å². The average molecular weight is 268 g/mol. The van der Waals surface area contributed by atoms with E-state index in [1.165, 1.54) is 0 Å². The molecule has 102 valence electrons. The van der Waals surface area contributed by atoms with E-state index in [0.29, 0.717) is 5.56 Å². The second-order valence-corrected chi connectivity index (χ2v) is 4.83. The van der Waals surface area contributed by atoms with E-state index in [2.05, 4.69) is 20.2 Å². The van der Waals surface area contributed by atoms with E-state index < -0.39 is 0 Å². The van der Waals surface area contributed by atoms with Crippen LogP contribution in [0.4, 0.5) is 5.82 Å². The number of anilines is 1. The van der Waals surface area contributed by atoms with Crippen LogP contribution in [-0.4, -0.2) is 35.0 Å². The number of carbonyl (C=O) groups is 1. The molecule has 1 N–H and O–H groups in total. The standard InChI is InChI=1S/C15H16N4O/c20-15(12-4-8-16-9-5-12)18-13-6-10-19(11-13)14-3-1-2-7-17-14/h1-5,7-9,13H,6,10-11H2,(H,18,20)/t13-/m1/s1. The normalized spacial score (nSPS) is 18.0. The molecule has 0 bridgehead atoms. The van der Waals surface area contributed by atoms with E-state index in [4.69, 9.17) is 0 Å². The van der Waals surface area contributed by atoms with Crippen molar-refractivity contribution in [3.05, 3.63) is 54.5 Å². The molecule has 20 heavy (non-hydrogen) atoms. The van der Waals surface area contributed by atoms with Gasteiger partial charge < -0.3 is 10.2 Å². The minimum Gasteiger partial charge on any atom is -0.354 e. The lowest BCUT2D eigenvalue weighted by molar-refractivity contribution is 0.0940. The first kappa shape index (κ1) is 12.6. The summed E-state index contributed by atoms with van der Waals surface area (Å²) in [5.41, 5.74) is 0.649. The molecule has 1 aliphatic heterocycles. The van der Waals surface area contributed by atoms with Crippen LogP contribution in [0.15, 0.2) is 48.9 Å². The van der Waals surface area contributed by atoms with Crippen LogP contribution in [0.2, 0.25) is 0 Å². The molecule has 0 aliphatic carbocycles. The van der Waals surface area contributed by atoms with Gasteiger partial charge in [-0.2, -0.15) is 0 Å². The molecule has 1 fully saturated rings. The molecule has 1 amide bonds. The van der Waals surface area contributed by atoms with Gasteiger partial charge in [-0.15, -0.1) is 0 Å². The zero-order chi connectivity index (χ0) is 13.8. The third kappa shape index (κ3) is 2.77. The SMILES string of the molecule is O=C(N[C@@H]1CCN(c2ccccn2)C1)c1ccncc1. The molecule has 1 aliphatic rings. The predicted molar refractivity (Wildman–Crippen MR) is 76.6 cm³/mol. The van der Waals surface area contributed by atoms with Gasteiger partial charge in [0.25, 0.3) is 5.91 Å². The molecule has 2 aromatic rings. The van der Waals surface area contributed by atoms with E-state index >= 15 is 0 Å². The molecule has 5 nitrogen and oxygen atoms in total. The van der Waals surface area contributed by atoms with Crippen molar-refractivity contribution in [2.75, 3.05) is 18.0 Å². The Hall–Kier alpha value is -2.43. The lowest BCUT2D eigenvalue weighted by Gasteiger charge is -2.17. The molecule has 0 unspecified atom stereocenters. The Morgan fingerprint density at radius 2 is 2.05 bits per heavy atom. The fraction of sp³-hybridized carbons (Fsp3) is 0.267. The third-order valence-electron chi connectivity index (χ3n) is 3.44. The summed E-state index contributed by atoms with van der Waals surface area (Å²) in [5, 5.41) is 3.06. The van der Waals surface area contributed by atoms with Gasteiger partial charge in [0.15, 0.2) is 0 Å². The maximum atomic E-state index is 12.1. The first-order valence-electron chi connectivity index (χ1n) is 6.70. The quantitative estimate of drug-likeness (QED) is 0.916. The van der Waals surface area contributed by atoms with Crippen molar-refractivity contribution in [2.45, 2.75) is 12.5 Å². The highest BCUT2D eigenvalue weighted by Crippen LogP contribution is 2.17. The highest BCUT2D eigenvalue weighted by molar-refractivity contribution is 5.94. The number of nitrogens with one attached hydrogen (secondary N) is 1. The number of rotatable bonds is 3. The first-order chi connectivity index (χ1) is 9.83. The number of pyridine rings is 2. The average Bonchev–Trinajstić information content (AvgIpc) is 2.97. The minimum absolute atomic E-state index is 0.0414. The molecule has 3 heterocycles. The minimum atomic E-state index is -0.0414. The summed E-state index contributed by atoms with van der Waals surface area (Å²) in [6.07, 6.45) is 5.99. The number of aromatic nitrogens is 2. The lowest BCUT2D eigenvalue weighted by atomic mass is 10.2. The van der Waals surface area contributed by atoms with Gasteiger partial charge in [0.2, 0.25) is 0 Å². The molecule has 3 rings (SSSR count). The summed E-state index contributed by atoms with van der Waals surface area (Å²) >= 11 is 0. The second-order valence-electron chi connectivity index (χ2n) is 4.83. The lowest BCUT2D eigenvalue weighted by Crippen LogP contribution is -2.37. The van der Waals surface area contributed by atoms with Crippen molar-refractivity contribution in [3.63, 3.8) is 0 Å². The number of hydrogen-bond acceptors (Lipinski definition) is 4. The number of hydrogen-bond donors (Lipinski definition) is 1. The molecule has 1 saturated heterocycles. The monoisotopic (exact) mass is 268 g/mol. The van der Waals surface area contributed by atoms with Gasteiger partial charge in [-0.3, -0.25) is 9.78 Å². The van der Waals surface area contributed by atoms with Gasteiger partial charge in [0, 0.05) is 43.3 Å². The summed E-state index contributed by atoms with van der Waals surface area (Å²) in [4.78, 5) is 22.5. The summed E-state index contributed by atoms with van der Waals surface area (Å²) in [6.45, 7) is 1.71. The van der Waals surface area contributed by atoms with Crippen molar-refractivity contribution in [1.82, 2.24) is 15.3 Å². The summed E-state index contributed by atoms with van der Waals surface area (Å²) < 4.78 is 0. The Bertz CT molecular complexity index is 573. The van der Waals surface area contributed by atoms with Gasteiger partial charge in [-0.05, 0) is 30.7 Å². The topological polar surface area (TPSA) is 58.1 Å². The highest BCUT2D eigenvalue weighted by atomic mass is 16.1. The molecule has 0 saturated carbocycles. The fourth-order valence-electron chi connectivity index (χ4n) is 2.40. The van der Waals surface area contributed by atoms with Crippen LogP contribution in [0.5, 0.6) is 0 Å². The van der Waals surface area contributed by atoms with Crippen molar-refractivity contribution >= 4 is 11.7 Å². The van der Waals surface area contributed by atoms with Crippen LogP contribution in [0.25, 0.3) is 0 Å². The zero-order valence-corrected chi connectivity index (χ0v) is 11.1. The van der Waals surface area contributed by atoms with Crippen LogP contribution in [0, 0.1) is 0 Å². The van der Waals surface area contributed by atoms with Crippen LogP contribution in [0.3, 0.4) is 0 Å². The van der Waals surface area contributed by atoms with Gasteiger partial charge in [0.1, 0.15) is 5.82 Å². The molecule has 5 heteroatoms. The summed E-state index contributed by atoms with van der Waals surface area (Å²) in [6, 6.07) is 9.49. The highest BCUT2D eigenvalue weighted by Gasteiger charge is 2.24. The van der Waals surface area contributed by atoms with E-state index in [0.717, 1.165) is 25.3 Å². The molecular weight excluding hydrogens is 252 g/mol. The van der Waals surface area contributed by atoms with Crippen molar-refractivity contribution in [1.29, 1.82) is 0 Å². The number of amides is 1. The number of carbonyl (C=O) groups excluding carboxylic acids is 1. The zero-order valence-electron chi connectivity index (χ0n) is 11.1. The van der Waals surface area contributed by atoms with E-state index in [1.54, 1.807) is 30.7 Å².